The Balaban J connectivity index is 1.49. The standard InChI is InChI=1S/C29H37F3N4O5S/c1-28(2,3)41-27(38)36-19-17-33-26(36)22-15-13-21(14-16-22)20-34(4)25(37)12-8-9-18-35(5)42(39,40)24-11-7-6-10-23(24)29(30,31)32/h6-7,10-11,13-16H,8-9,12,17-20H2,1-5H3. The van der Waals surface area contributed by atoms with Gasteiger partial charge < -0.3 is 9.64 Å². The molecule has 3 rings (SSSR count). The Hall–Kier alpha value is -3.45. The van der Waals surface area contributed by atoms with Crippen LogP contribution in [-0.2, 0) is 32.3 Å². The van der Waals surface area contributed by atoms with Crippen LogP contribution in [0.1, 0.15) is 56.7 Å². The molecule has 0 bridgehead atoms. The summed E-state index contributed by atoms with van der Waals surface area (Å²) in [5.41, 5.74) is -0.208. The summed E-state index contributed by atoms with van der Waals surface area (Å²) in [4.78, 5) is 31.9. The van der Waals surface area contributed by atoms with Crippen molar-refractivity contribution in [1.29, 1.82) is 0 Å². The maximum Gasteiger partial charge on any atom is 0.417 e. The lowest BCUT2D eigenvalue weighted by atomic mass is 10.1. The monoisotopic (exact) mass is 610 g/mol. The zero-order valence-corrected chi connectivity index (χ0v) is 25.3. The second kappa shape index (κ2) is 13.2. The number of rotatable bonds is 10. The zero-order valence-electron chi connectivity index (χ0n) is 24.4. The third-order valence-electron chi connectivity index (χ3n) is 6.51. The van der Waals surface area contributed by atoms with E-state index < -0.39 is 38.4 Å². The van der Waals surface area contributed by atoms with E-state index in [0.717, 1.165) is 33.6 Å². The Morgan fingerprint density at radius 1 is 1.00 bits per heavy atom. The fourth-order valence-corrected chi connectivity index (χ4v) is 5.74. The molecule has 0 atom stereocenters. The first-order valence-corrected chi connectivity index (χ1v) is 15.0. The van der Waals surface area contributed by atoms with Crippen LogP contribution in [0.3, 0.4) is 0 Å². The highest BCUT2D eigenvalue weighted by Gasteiger charge is 2.38. The quantitative estimate of drug-likeness (QED) is 0.347. The highest BCUT2D eigenvalue weighted by atomic mass is 32.2. The second-order valence-corrected chi connectivity index (χ2v) is 13.1. The minimum Gasteiger partial charge on any atom is -0.443 e. The van der Waals surface area contributed by atoms with Crippen LogP contribution in [0.25, 0.3) is 0 Å². The van der Waals surface area contributed by atoms with Crippen LogP contribution in [-0.4, -0.2) is 79.7 Å². The molecule has 42 heavy (non-hydrogen) atoms. The highest BCUT2D eigenvalue weighted by molar-refractivity contribution is 7.89. The van der Waals surface area contributed by atoms with Gasteiger partial charge in [-0.1, -0.05) is 36.4 Å². The van der Waals surface area contributed by atoms with Gasteiger partial charge in [0.1, 0.15) is 11.4 Å². The zero-order chi connectivity index (χ0) is 31.3. The number of benzene rings is 2. The largest absolute Gasteiger partial charge is 0.443 e. The molecule has 230 valence electrons. The van der Waals surface area contributed by atoms with E-state index in [2.05, 4.69) is 4.99 Å². The van der Waals surface area contributed by atoms with Crippen LogP contribution in [0.15, 0.2) is 58.4 Å². The molecule has 9 nitrogen and oxygen atoms in total. The molecule has 1 aliphatic rings. The van der Waals surface area contributed by atoms with Crippen molar-refractivity contribution in [2.45, 2.75) is 63.3 Å². The van der Waals surface area contributed by atoms with Gasteiger partial charge in [0.05, 0.1) is 23.5 Å². The third kappa shape index (κ3) is 8.54. The number of nitrogens with zero attached hydrogens (tertiary/aromatic N) is 4. The summed E-state index contributed by atoms with van der Waals surface area (Å²) < 4.78 is 71.8. The van der Waals surface area contributed by atoms with Gasteiger partial charge in [-0.05, 0) is 51.3 Å². The molecule has 1 aliphatic heterocycles. The Morgan fingerprint density at radius 2 is 1.64 bits per heavy atom. The fraction of sp³-hybridized carbons (Fsp3) is 0.483. The topological polar surface area (TPSA) is 99.6 Å². The number of carbonyl (C=O) groups excluding carboxylic acids is 2. The number of aliphatic imine (C=N–C) groups is 1. The lowest BCUT2D eigenvalue weighted by Crippen LogP contribution is -2.39. The van der Waals surface area contributed by atoms with E-state index in [9.17, 15) is 31.2 Å². The average molecular weight is 611 g/mol. The van der Waals surface area contributed by atoms with Crippen molar-refractivity contribution in [3.8, 4) is 0 Å². The van der Waals surface area contributed by atoms with E-state index >= 15 is 0 Å². The molecule has 0 spiro atoms. The minimum atomic E-state index is -4.80. The van der Waals surface area contributed by atoms with Gasteiger partial charge in [0.15, 0.2) is 0 Å². The van der Waals surface area contributed by atoms with Crippen molar-refractivity contribution >= 4 is 27.9 Å². The molecule has 1 heterocycles. The van der Waals surface area contributed by atoms with Crippen LogP contribution >= 0.6 is 0 Å². The Bertz CT molecular complexity index is 1400. The van der Waals surface area contributed by atoms with Crippen molar-refractivity contribution in [2.24, 2.45) is 4.99 Å². The fourth-order valence-electron chi connectivity index (χ4n) is 4.33. The van der Waals surface area contributed by atoms with Crippen LogP contribution < -0.4 is 0 Å². The van der Waals surface area contributed by atoms with Gasteiger partial charge in [-0.15, -0.1) is 0 Å². The van der Waals surface area contributed by atoms with Crippen LogP contribution in [0.4, 0.5) is 18.0 Å². The normalized spacial score (nSPS) is 14.2. The van der Waals surface area contributed by atoms with Gasteiger partial charge in [-0.3, -0.25) is 14.7 Å². The van der Waals surface area contributed by atoms with E-state index in [0.29, 0.717) is 38.3 Å². The Labute approximate surface area is 245 Å². The molecule has 0 aromatic heterocycles. The van der Waals surface area contributed by atoms with Crippen molar-refractivity contribution in [3.63, 3.8) is 0 Å². The predicted octanol–water partition coefficient (Wildman–Crippen LogP) is 5.15. The molecule has 0 saturated carbocycles. The van der Waals surface area contributed by atoms with Crippen molar-refractivity contribution < 1.29 is 35.9 Å². The Morgan fingerprint density at radius 3 is 2.26 bits per heavy atom. The number of halogens is 3. The molecule has 0 aliphatic carbocycles. The van der Waals surface area contributed by atoms with Gasteiger partial charge in [-0.2, -0.15) is 13.2 Å². The molecule has 0 unspecified atom stereocenters. The summed E-state index contributed by atoms with van der Waals surface area (Å²) in [5.74, 6) is 0.386. The first kappa shape index (κ1) is 33.1. The summed E-state index contributed by atoms with van der Waals surface area (Å²) in [6, 6.07) is 11.5. The third-order valence-corrected chi connectivity index (χ3v) is 8.42. The van der Waals surface area contributed by atoms with E-state index in [-0.39, 0.29) is 18.9 Å². The number of amidine groups is 1. The predicted molar refractivity (Wildman–Crippen MR) is 152 cm³/mol. The molecule has 2 aromatic carbocycles. The summed E-state index contributed by atoms with van der Waals surface area (Å²) in [5, 5.41) is 0. The summed E-state index contributed by atoms with van der Waals surface area (Å²) in [6.07, 6.45) is -4.43. The summed E-state index contributed by atoms with van der Waals surface area (Å²) in [7, 11) is -1.47. The highest BCUT2D eigenvalue weighted by Crippen LogP contribution is 2.35. The number of hydrogen-bond donors (Lipinski definition) is 0. The van der Waals surface area contributed by atoms with Gasteiger partial charge in [0.25, 0.3) is 0 Å². The van der Waals surface area contributed by atoms with Crippen molar-refractivity contribution in [2.75, 3.05) is 33.7 Å². The van der Waals surface area contributed by atoms with Crippen LogP contribution in [0.2, 0.25) is 0 Å². The number of hydrogen-bond acceptors (Lipinski definition) is 6. The van der Waals surface area contributed by atoms with E-state index in [1.54, 1.807) is 32.7 Å². The first-order chi connectivity index (χ1) is 19.5. The lowest BCUT2D eigenvalue weighted by molar-refractivity contribution is -0.140. The number of amides is 2. The summed E-state index contributed by atoms with van der Waals surface area (Å²) in [6.45, 7) is 6.63. The number of sulfonamides is 1. The molecule has 0 radical (unpaired) electrons. The van der Waals surface area contributed by atoms with E-state index in [1.165, 1.54) is 18.0 Å². The average Bonchev–Trinajstić information content (AvgIpc) is 3.40. The first-order valence-electron chi connectivity index (χ1n) is 13.5. The van der Waals surface area contributed by atoms with Crippen molar-refractivity contribution in [1.82, 2.24) is 14.1 Å². The molecule has 0 saturated heterocycles. The minimum absolute atomic E-state index is 0.0306. The van der Waals surface area contributed by atoms with Gasteiger partial charge in [0.2, 0.25) is 15.9 Å². The van der Waals surface area contributed by atoms with E-state index in [4.69, 9.17) is 4.74 Å². The lowest BCUT2D eigenvalue weighted by Gasteiger charge is -2.25. The maximum atomic E-state index is 13.3. The van der Waals surface area contributed by atoms with Gasteiger partial charge in [0, 0.05) is 39.2 Å². The van der Waals surface area contributed by atoms with E-state index in [1.807, 2.05) is 24.3 Å². The number of alkyl halides is 3. The molecular formula is C29H37F3N4O5S. The molecule has 13 heteroatoms. The van der Waals surface area contributed by atoms with Gasteiger partial charge >= 0.3 is 12.3 Å². The SMILES string of the molecule is CN(Cc1ccc(C2=NCCN2C(=O)OC(C)(C)C)cc1)C(=O)CCCCN(C)S(=O)(=O)c1ccccc1C(F)(F)F. The van der Waals surface area contributed by atoms with Crippen LogP contribution in [0.5, 0.6) is 0 Å². The number of ether oxygens (including phenoxy) is 1. The molecule has 2 amide bonds. The molecule has 0 N–H and O–H groups in total. The summed E-state index contributed by atoms with van der Waals surface area (Å²) >= 11 is 0. The molecular weight excluding hydrogens is 573 g/mol. The Kier molecular flexibility index (Phi) is 10.4. The van der Waals surface area contributed by atoms with Crippen LogP contribution in [0, 0.1) is 0 Å². The molecule has 2 aromatic rings. The van der Waals surface area contributed by atoms with Gasteiger partial charge in [-0.25, -0.2) is 17.5 Å². The number of carbonyl (C=O) groups is 2. The van der Waals surface area contributed by atoms with Crippen molar-refractivity contribution in [3.05, 3.63) is 65.2 Å². The molecule has 0 fully saturated rings. The maximum absolute atomic E-state index is 13.3. The second-order valence-electron chi connectivity index (χ2n) is 11.1. The number of unbranched alkanes of at least 4 members (excludes halogenated alkanes) is 1. The smallest absolute Gasteiger partial charge is 0.417 e.